The molecule has 0 spiro atoms. The second-order valence-electron chi connectivity index (χ2n) is 11.7. The Morgan fingerprint density at radius 2 is 0.706 bits per heavy atom. The van der Waals surface area contributed by atoms with Crippen LogP contribution in [0.15, 0.2) is 0 Å². The van der Waals surface area contributed by atoms with Gasteiger partial charge in [0, 0.05) is 6.42 Å². The smallest absolute Gasteiger partial charge is 0.0621 e. The van der Waals surface area contributed by atoms with E-state index in [4.69, 9.17) is 5.26 Å². The topological polar surface area (TPSA) is 23.8 Å². The summed E-state index contributed by atoms with van der Waals surface area (Å²) < 4.78 is 0. The molecule has 0 saturated carbocycles. The molecule has 0 aromatic rings. The van der Waals surface area contributed by atoms with Gasteiger partial charge in [0.05, 0.1) is 6.07 Å². The van der Waals surface area contributed by atoms with Crippen molar-refractivity contribution in [1.29, 1.82) is 5.26 Å². The fraction of sp³-hybridized carbons (Fsp3) is 0.970. The zero-order chi connectivity index (χ0) is 25.0. The molecule has 0 aliphatic rings. The second-order valence-corrected chi connectivity index (χ2v) is 11.7. The van der Waals surface area contributed by atoms with E-state index in [1.807, 2.05) is 0 Å². The number of hydrogen-bond donors (Lipinski definition) is 0. The molecule has 2 unspecified atom stereocenters. The second kappa shape index (κ2) is 28.7. The van der Waals surface area contributed by atoms with Crippen molar-refractivity contribution in [2.24, 2.45) is 11.8 Å². The Balaban J connectivity index is 3.15. The van der Waals surface area contributed by atoms with Crippen molar-refractivity contribution in [2.75, 3.05) is 0 Å². The van der Waals surface area contributed by atoms with E-state index in [0.29, 0.717) is 0 Å². The third-order valence-corrected chi connectivity index (χ3v) is 7.93. The van der Waals surface area contributed by atoms with E-state index in [9.17, 15) is 0 Å². The molecule has 1 nitrogen and oxygen atoms in total. The quantitative estimate of drug-likeness (QED) is 0.103. The Kier molecular flexibility index (Phi) is 28.3. The highest BCUT2D eigenvalue weighted by Crippen LogP contribution is 2.21. The van der Waals surface area contributed by atoms with E-state index < -0.39 is 0 Å². The van der Waals surface area contributed by atoms with Gasteiger partial charge in [0.15, 0.2) is 0 Å². The van der Waals surface area contributed by atoms with Crippen LogP contribution in [0.4, 0.5) is 0 Å². The van der Waals surface area contributed by atoms with Crippen molar-refractivity contribution >= 4 is 0 Å². The zero-order valence-electron chi connectivity index (χ0n) is 24.2. The molecule has 0 saturated heterocycles. The summed E-state index contributed by atoms with van der Waals surface area (Å²) in [7, 11) is 0. The van der Waals surface area contributed by atoms with Gasteiger partial charge in [-0.1, -0.05) is 181 Å². The summed E-state index contributed by atoms with van der Waals surface area (Å²) >= 11 is 0. The number of nitrogens with zero attached hydrogens (tertiary/aromatic N) is 1. The Morgan fingerprint density at radius 3 is 1.06 bits per heavy atom. The molecule has 0 rings (SSSR count). The minimum Gasteiger partial charge on any atom is -0.198 e. The maximum absolute atomic E-state index is 8.52. The van der Waals surface area contributed by atoms with Crippen molar-refractivity contribution < 1.29 is 0 Å². The summed E-state index contributed by atoms with van der Waals surface area (Å²) in [6, 6.07) is 2.24. The molecule has 0 heterocycles. The summed E-state index contributed by atoms with van der Waals surface area (Å²) in [5.41, 5.74) is 0. The molecule has 202 valence electrons. The first-order valence-electron chi connectivity index (χ1n) is 16.1. The molecular weight excluding hydrogens is 410 g/mol. The van der Waals surface area contributed by atoms with Crippen molar-refractivity contribution in [3.05, 3.63) is 0 Å². The monoisotopic (exact) mass is 476 g/mol. The zero-order valence-corrected chi connectivity index (χ0v) is 24.2. The number of nitriles is 1. The SMILES string of the molecule is CCCCC(C)CCCC(C)CCCCCCCCCCCCCCCCCCCCCC#N. The third kappa shape index (κ3) is 27.7. The fourth-order valence-corrected chi connectivity index (χ4v) is 5.36. The Hall–Kier alpha value is -0.510. The third-order valence-electron chi connectivity index (χ3n) is 7.93. The van der Waals surface area contributed by atoms with Gasteiger partial charge in [0.1, 0.15) is 0 Å². The Bertz CT molecular complexity index is 409. The van der Waals surface area contributed by atoms with Gasteiger partial charge in [-0.05, 0) is 18.3 Å². The van der Waals surface area contributed by atoms with E-state index in [1.165, 1.54) is 161 Å². The molecule has 2 atom stereocenters. The van der Waals surface area contributed by atoms with Crippen molar-refractivity contribution in [3.63, 3.8) is 0 Å². The maximum Gasteiger partial charge on any atom is 0.0621 e. The fourth-order valence-electron chi connectivity index (χ4n) is 5.36. The number of rotatable bonds is 28. The molecule has 0 bridgehead atoms. The first-order valence-corrected chi connectivity index (χ1v) is 16.1. The van der Waals surface area contributed by atoms with Crippen LogP contribution in [0.2, 0.25) is 0 Å². The summed E-state index contributed by atoms with van der Waals surface area (Å²) in [6.07, 6.45) is 37.8. The molecule has 0 aliphatic heterocycles. The Labute approximate surface area is 217 Å². The molecule has 0 aromatic carbocycles. The molecule has 1 heteroatoms. The lowest BCUT2D eigenvalue weighted by atomic mass is 9.92. The molecule has 0 amide bonds. The summed E-state index contributed by atoms with van der Waals surface area (Å²) in [6.45, 7) is 7.25. The minimum absolute atomic E-state index is 0.748. The van der Waals surface area contributed by atoms with Gasteiger partial charge in [-0.15, -0.1) is 0 Å². The van der Waals surface area contributed by atoms with Crippen molar-refractivity contribution in [2.45, 2.75) is 194 Å². The van der Waals surface area contributed by atoms with Gasteiger partial charge in [-0.2, -0.15) is 5.26 Å². The molecule has 0 radical (unpaired) electrons. The van der Waals surface area contributed by atoms with Gasteiger partial charge < -0.3 is 0 Å². The van der Waals surface area contributed by atoms with Crippen LogP contribution in [0.5, 0.6) is 0 Å². The van der Waals surface area contributed by atoms with E-state index in [-0.39, 0.29) is 0 Å². The van der Waals surface area contributed by atoms with Gasteiger partial charge in [0.2, 0.25) is 0 Å². The average Bonchev–Trinajstić information content (AvgIpc) is 2.83. The summed E-state index contributed by atoms with van der Waals surface area (Å²) in [5, 5.41) is 8.52. The van der Waals surface area contributed by atoms with Crippen molar-refractivity contribution in [1.82, 2.24) is 0 Å². The molecule has 0 N–H and O–H groups in total. The summed E-state index contributed by atoms with van der Waals surface area (Å²) in [5.74, 6) is 1.90. The standard InChI is InChI=1S/C33H65N/c1-4-5-27-32(2)29-26-30-33(3)28-24-22-20-18-16-14-12-10-8-6-7-9-11-13-15-17-19-21-23-25-31-34/h32-33H,4-30H2,1-3H3. The van der Waals surface area contributed by atoms with Crippen LogP contribution in [-0.2, 0) is 0 Å². The number of hydrogen-bond acceptors (Lipinski definition) is 1. The lowest BCUT2D eigenvalue weighted by molar-refractivity contribution is 0.394. The highest BCUT2D eigenvalue weighted by molar-refractivity contribution is 4.67. The van der Waals surface area contributed by atoms with Crippen molar-refractivity contribution in [3.8, 4) is 6.07 Å². The van der Waals surface area contributed by atoms with Gasteiger partial charge >= 0.3 is 0 Å². The average molecular weight is 476 g/mol. The van der Waals surface area contributed by atoms with Crippen LogP contribution in [0.1, 0.15) is 194 Å². The first-order chi connectivity index (χ1) is 16.7. The maximum atomic E-state index is 8.52. The Morgan fingerprint density at radius 1 is 0.412 bits per heavy atom. The lowest BCUT2D eigenvalue weighted by Crippen LogP contribution is -1.99. The molecule has 0 aliphatic carbocycles. The van der Waals surface area contributed by atoms with Crippen LogP contribution in [0.25, 0.3) is 0 Å². The molecule has 0 aromatic heterocycles. The van der Waals surface area contributed by atoms with Crippen LogP contribution in [0.3, 0.4) is 0 Å². The van der Waals surface area contributed by atoms with E-state index in [0.717, 1.165) is 24.7 Å². The minimum atomic E-state index is 0.748. The van der Waals surface area contributed by atoms with Crippen LogP contribution < -0.4 is 0 Å². The van der Waals surface area contributed by atoms with E-state index in [2.05, 4.69) is 26.8 Å². The largest absolute Gasteiger partial charge is 0.198 e. The van der Waals surface area contributed by atoms with Crippen LogP contribution >= 0.6 is 0 Å². The predicted octanol–water partition coefficient (Wildman–Crippen LogP) is 12.3. The van der Waals surface area contributed by atoms with Gasteiger partial charge in [-0.3, -0.25) is 0 Å². The van der Waals surface area contributed by atoms with Crippen LogP contribution in [-0.4, -0.2) is 0 Å². The van der Waals surface area contributed by atoms with Gasteiger partial charge in [0.25, 0.3) is 0 Å². The van der Waals surface area contributed by atoms with Gasteiger partial charge in [-0.25, -0.2) is 0 Å². The molecular formula is C33H65N. The molecule has 0 fully saturated rings. The highest BCUT2D eigenvalue weighted by atomic mass is 14.2. The highest BCUT2D eigenvalue weighted by Gasteiger charge is 2.05. The summed E-state index contributed by atoms with van der Waals surface area (Å²) in [4.78, 5) is 0. The molecule has 34 heavy (non-hydrogen) atoms. The number of unbranched alkanes of at least 4 members (excludes halogenated alkanes) is 20. The predicted molar refractivity (Wildman–Crippen MR) is 154 cm³/mol. The van der Waals surface area contributed by atoms with E-state index in [1.54, 1.807) is 0 Å². The first kappa shape index (κ1) is 33.5. The van der Waals surface area contributed by atoms with E-state index >= 15 is 0 Å². The van der Waals surface area contributed by atoms with Crippen LogP contribution in [0, 0.1) is 23.2 Å². The normalized spacial score (nSPS) is 13.1. The lowest BCUT2D eigenvalue weighted by Gasteiger charge is -2.14.